The highest BCUT2D eigenvalue weighted by atomic mass is 16.5. The molecular formula is C13H20N2O3. The van der Waals surface area contributed by atoms with Gasteiger partial charge in [-0.25, -0.2) is 4.68 Å². The number of hydrogen-bond donors (Lipinski definition) is 1. The summed E-state index contributed by atoms with van der Waals surface area (Å²) in [5.74, 6) is 0. The number of hydrogen-bond acceptors (Lipinski definition) is 4. The van der Waals surface area contributed by atoms with Crippen LogP contribution in [-0.2, 0) is 11.2 Å². The average molecular weight is 252 g/mol. The maximum Gasteiger partial charge on any atom is 0.272 e. The Morgan fingerprint density at radius 3 is 3.00 bits per heavy atom. The molecule has 2 unspecified atom stereocenters. The van der Waals surface area contributed by atoms with Gasteiger partial charge < -0.3 is 9.84 Å². The smallest absolute Gasteiger partial charge is 0.272 e. The minimum atomic E-state index is -0.466. The van der Waals surface area contributed by atoms with Gasteiger partial charge in [-0.3, -0.25) is 4.79 Å². The van der Waals surface area contributed by atoms with Crippen LogP contribution in [-0.4, -0.2) is 27.6 Å². The zero-order valence-corrected chi connectivity index (χ0v) is 10.9. The van der Waals surface area contributed by atoms with Crippen molar-refractivity contribution in [2.24, 2.45) is 0 Å². The summed E-state index contributed by atoms with van der Waals surface area (Å²) in [6.45, 7) is 4.17. The molecule has 1 N–H and O–H groups in total. The van der Waals surface area contributed by atoms with Crippen LogP contribution in [0.3, 0.4) is 0 Å². The van der Waals surface area contributed by atoms with Gasteiger partial charge in [0, 0.05) is 18.6 Å². The molecule has 0 spiro atoms. The lowest BCUT2D eigenvalue weighted by molar-refractivity contribution is -0.0426. The SMILES string of the molecule is Cc1c(CC(C)O)cnn(C2CCCCO2)c1=O. The molecule has 0 aromatic carbocycles. The van der Waals surface area contributed by atoms with Crippen LogP contribution in [0.4, 0.5) is 0 Å². The molecule has 0 aliphatic carbocycles. The molecule has 1 aromatic rings. The van der Waals surface area contributed by atoms with Crippen LogP contribution in [0.15, 0.2) is 11.0 Å². The molecule has 1 aliphatic heterocycles. The van der Waals surface area contributed by atoms with E-state index in [0.29, 0.717) is 18.6 Å². The number of aromatic nitrogens is 2. The second-order valence-corrected chi connectivity index (χ2v) is 4.92. The predicted octanol–water partition coefficient (Wildman–Crippen LogP) is 1.17. The van der Waals surface area contributed by atoms with Crippen LogP contribution in [0, 0.1) is 6.92 Å². The lowest BCUT2D eigenvalue weighted by Crippen LogP contribution is -2.33. The summed E-state index contributed by atoms with van der Waals surface area (Å²) in [5, 5.41) is 13.6. The van der Waals surface area contributed by atoms with Crippen molar-refractivity contribution in [3.8, 4) is 0 Å². The van der Waals surface area contributed by atoms with E-state index in [1.807, 2.05) is 0 Å². The van der Waals surface area contributed by atoms with Crippen molar-refractivity contribution in [2.45, 2.75) is 51.9 Å². The molecule has 5 heteroatoms. The Hall–Kier alpha value is -1.20. The van der Waals surface area contributed by atoms with Crippen LogP contribution in [0.1, 0.15) is 43.5 Å². The number of rotatable bonds is 3. The zero-order valence-electron chi connectivity index (χ0n) is 10.9. The quantitative estimate of drug-likeness (QED) is 0.877. The summed E-state index contributed by atoms with van der Waals surface area (Å²) in [6.07, 6.45) is 4.37. The van der Waals surface area contributed by atoms with Gasteiger partial charge in [0.25, 0.3) is 5.56 Å². The van der Waals surface area contributed by atoms with Crippen molar-refractivity contribution in [2.75, 3.05) is 6.61 Å². The minimum Gasteiger partial charge on any atom is -0.393 e. The number of aliphatic hydroxyl groups excluding tert-OH is 1. The third-order valence-electron chi connectivity index (χ3n) is 3.29. The monoisotopic (exact) mass is 252 g/mol. The van der Waals surface area contributed by atoms with Crippen molar-refractivity contribution in [1.82, 2.24) is 9.78 Å². The normalized spacial score (nSPS) is 21.8. The first-order valence-electron chi connectivity index (χ1n) is 6.46. The first-order chi connectivity index (χ1) is 8.59. The van der Waals surface area contributed by atoms with Gasteiger partial charge in [-0.05, 0) is 38.7 Å². The molecule has 1 saturated heterocycles. The van der Waals surface area contributed by atoms with Gasteiger partial charge in [0.05, 0.1) is 12.3 Å². The molecule has 0 radical (unpaired) electrons. The molecule has 18 heavy (non-hydrogen) atoms. The Bertz CT molecular complexity index is 462. The molecular weight excluding hydrogens is 232 g/mol. The van der Waals surface area contributed by atoms with E-state index in [2.05, 4.69) is 5.10 Å². The van der Waals surface area contributed by atoms with Gasteiger partial charge >= 0.3 is 0 Å². The fourth-order valence-corrected chi connectivity index (χ4v) is 2.24. The predicted molar refractivity (Wildman–Crippen MR) is 67.5 cm³/mol. The highest BCUT2D eigenvalue weighted by Gasteiger charge is 2.19. The first kappa shape index (κ1) is 13.2. The first-order valence-corrected chi connectivity index (χ1v) is 6.46. The maximum atomic E-state index is 12.2. The van der Waals surface area contributed by atoms with Crippen LogP contribution in [0.5, 0.6) is 0 Å². The average Bonchev–Trinajstić information content (AvgIpc) is 2.36. The largest absolute Gasteiger partial charge is 0.393 e. The second kappa shape index (κ2) is 5.63. The van der Waals surface area contributed by atoms with Crippen LogP contribution < -0.4 is 5.56 Å². The molecule has 2 atom stereocenters. The molecule has 1 fully saturated rings. The summed E-state index contributed by atoms with van der Waals surface area (Å²) in [5.41, 5.74) is 1.35. The van der Waals surface area contributed by atoms with Crippen molar-refractivity contribution in [3.05, 3.63) is 27.7 Å². The third-order valence-corrected chi connectivity index (χ3v) is 3.29. The molecule has 1 aliphatic rings. The Kier molecular flexibility index (Phi) is 4.14. The van der Waals surface area contributed by atoms with Gasteiger partial charge in [0.15, 0.2) is 6.23 Å². The molecule has 100 valence electrons. The highest BCUT2D eigenvalue weighted by molar-refractivity contribution is 5.20. The lowest BCUT2D eigenvalue weighted by atomic mass is 10.1. The van der Waals surface area contributed by atoms with Gasteiger partial charge in [-0.1, -0.05) is 0 Å². The Morgan fingerprint density at radius 2 is 2.39 bits per heavy atom. The van der Waals surface area contributed by atoms with Gasteiger partial charge in [0.2, 0.25) is 0 Å². The van der Waals surface area contributed by atoms with Gasteiger partial charge in [-0.2, -0.15) is 5.10 Å². The van der Waals surface area contributed by atoms with E-state index in [1.165, 1.54) is 4.68 Å². The Morgan fingerprint density at radius 1 is 1.61 bits per heavy atom. The topological polar surface area (TPSA) is 64.3 Å². The summed E-state index contributed by atoms with van der Waals surface area (Å²) in [6, 6.07) is 0. The lowest BCUT2D eigenvalue weighted by Gasteiger charge is -2.24. The van der Waals surface area contributed by atoms with E-state index in [-0.39, 0.29) is 11.8 Å². The summed E-state index contributed by atoms with van der Waals surface area (Å²) in [7, 11) is 0. The van der Waals surface area contributed by atoms with E-state index in [1.54, 1.807) is 20.0 Å². The highest BCUT2D eigenvalue weighted by Crippen LogP contribution is 2.20. The fraction of sp³-hybridized carbons (Fsp3) is 0.692. The van der Waals surface area contributed by atoms with Crippen LogP contribution in [0.25, 0.3) is 0 Å². The van der Waals surface area contributed by atoms with E-state index < -0.39 is 6.10 Å². The van der Waals surface area contributed by atoms with Crippen molar-refractivity contribution < 1.29 is 9.84 Å². The van der Waals surface area contributed by atoms with Crippen LogP contribution >= 0.6 is 0 Å². The van der Waals surface area contributed by atoms with Crippen LogP contribution in [0.2, 0.25) is 0 Å². The summed E-state index contributed by atoms with van der Waals surface area (Å²) >= 11 is 0. The van der Waals surface area contributed by atoms with Crippen molar-refractivity contribution in [3.63, 3.8) is 0 Å². The third kappa shape index (κ3) is 2.79. The molecule has 1 aromatic heterocycles. The minimum absolute atomic E-state index is 0.111. The zero-order chi connectivity index (χ0) is 13.1. The molecule has 5 nitrogen and oxygen atoms in total. The van der Waals surface area contributed by atoms with Gasteiger partial charge in [-0.15, -0.1) is 0 Å². The number of nitrogens with zero attached hydrogens (tertiary/aromatic N) is 2. The summed E-state index contributed by atoms with van der Waals surface area (Å²) < 4.78 is 7.00. The molecule has 2 rings (SSSR count). The fourth-order valence-electron chi connectivity index (χ4n) is 2.24. The number of ether oxygens (including phenoxy) is 1. The standard InChI is InChI=1S/C13H20N2O3/c1-9(16)7-11-8-14-15(13(17)10(11)2)12-5-3-4-6-18-12/h8-9,12,16H,3-7H2,1-2H3. The molecule has 0 amide bonds. The van der Waals surface area contributed by atoms with E-state index in [9.17, 15) is 9.90 Å². The molecule has 0 bridgehead atoms. The molecule has 0 saturated carbocycles. The second-order valence-electron chi connectivity index (χ2n) is 4.92. The van der Waals surface area contributed by atoms with Crippen molar-refractivity contribution in [1.29, 1.82) is 0 Å². The Labute approximate surface area is 106 Å². The van der Waals surface area contributed by atoms with Gasteiger partial charge in [0.1, 0.15) is 0 Å². The molecule has 2 heterocycles. The van der Waals surface area contributed by atoms with E-state index >= 15 is 0 Å². The van der Waals surface area contributed by atoms with E-state index in [0.717, 1.165) is 24.8 Å². The van der Waals surface area contributed by atoms with E-state index in [4.69, 9.17) is 4.74 Å². The number of aliphatic hydroxyl groups is 1. The maximum absolute atomic E-state index is 12.2. The van der Waals surface area contributed by atoms with Crippen molar-refractivity contribution >= 4 is 0 Å². The Balaban J connectivity index is 2.28. The summed E-state index contributed by atoms with van der Waals surface area (Å²) in [4.78, 5) is 12.2.